The van der Waals surface area contributed by atoms with E-state index in [0.717, 1.165) is 11.3 Å². The number of anilines is 1. The van der Waals surface area contributed by atoms with Crippen LogP contribution in [0.3, 0.4) is 0 Å². The highest BCUT2D eigenvalue weighted by atomic mass is 32.1. The predicted octanol–water partition coefficient (Wildman–Crippen LogP) is 1.14. The standard InChI is InChI=1S/C11H8N4O4S/c12-9(16)10(17)14-11-13-8(5-20-11)6-1-3-7(4-2-6)15(18)19/h1-5H,(H2,12,16)(H,13,14,17). The molecule has 0 unspecified atom stereocenters. The van der Waals surface area contributed by atoms with Crippen molar-refractivity contribution in [1.82, 2.24) is 4.98 Å². The average Bonchev–Trinajstić information content (AvgIpc) is 2.87. The summed E-state index contributed by atoms with van der Waals surface area (Å²) in [7, 11) is 0. The molecule has 0 aliphatic rings. The van der Waals surface area contributed by atoms with E-state index in [9.17, 15) is 19.7 Å². The molecule has 0 bridgehead atoms. The molecule has 3 N–H and O–H groups in total. The van der Waals surface area contributed by atoms with Crippen LogP contribution in [0.4, 0.5) is 10.8 Å². The number of nitrogens with one attached hydrogen (secondary N) is 1. The van der Waals surface area contributed by atoms with E-state index in [0.29, 0.717) is 11.3 Å². The zero-order valence-electron chi connectivity index (χ0n) is 9.90. The summed E-state index contributed by atoms with van der Waals surface area (Å²) in [4.78, 5) is 35.8. The fraction of sp³-hybridized carbons (Fsp3) is 0. The topological polar surface area (TPSA) is 128 Å². The van der Waals surface area contributed by atoms with Gasteiger partial charge in [-0.05, 0) is 12.1 Å². The second-order valence-corrected chi connectivity index (χ2v) is 4.52. The van der Waals surface area contributed by atoms with Crippen LogP contribution in [-0.2, 0) is 9.59 Å². The van der Waals surface area contributed by atoms with Gasteiger partial charge in [-0.15, -0.1) is 11.3 Å². The van der Waals surface area contributed by atoms with Crippen LogP contribution in [0.1, 0.15) is 0 Å². The van der Waals surface area contributed by atoms with Crippen molar-refractivity contribution in [2.45, 2.75) is 0 Å². The number of amides is 2. The van der Waals surface area contributed by atoms with E-state index in [4.69, 9.17) is 5.73 Å². The van der Waals surface area contributed by atoms with Gasteiger partial charge in [-0.1, -0.05) is 0 Å². The quantitative estimate of drug-likeness (QED) is 0.498. The molecule has 2 aromatic rings. The fourth-order valence-corrected chi connectivity index (χ4v) is 2.09. The van der Waals surface area contributed by atoms with Gasteiger partial charge < -0.3 is 5.73 Å². The van der Waals surface area contributed by atoms with Crippen molar-refractivity contribution in [2.75, 3.05) is 5.32 Å². The van der Waals surface area contributed by atoms with E-state index < -0.39 is 16.7 Å². The molecular weight excluding hydrogens is 284 g/mol. The number of carbonyl (C=O) groups excluding carboxylic acids is 2. The van der Waals surface area contributed by atoms with Crippen LogP contribution in [0, 0.1) is 10.1 Å². The molecule has 0 saturated carbocycles. The molecule has 0 atom stereocenters. The third-order valence-electron chi connectivity index (χ3n) is 2.32. The molecule has 0 fully saturated rings. The molecular formula is C11H8N4O4S. The van der Waals surface area contributed by atoms with Crippen molar-refractivity contribution in [2.24, 2.45) is 5.73 Å². The zero-order chi connectivity index (χ0) is 14.7. The van der Waals surface area contributed by atoms with Crippen molar-refractivity contribution in [1.29, 1.82) is 0 Å². The molecule has 20 heavy (non-hydrogen) atoms. The summed E-state index contributed by atoms with van der Waals surface area (Å²) in [6.07, 6.45) is 0. The highest BCUT2D eigenvalue weighted by Gasteiger charge is 2.12. The molecule has 0 spiro atoms. The first kappa shape index (κ1) is 13.6. The summed E-state index contributed by atoms with van der Waals surface area (Å²) in [5, 5.41) is 14.7. The monoisotopic (exact) mass is 292 g/mol. The van der Waals surface area contributed by atoms with Crippen molar-refractivity contribution in [3.05, 3.63) is 39.8 Å². The summed E-state index contributed by atoms with van der Waals surface area (Å²) in [6.45, 7) is 0. The Bertz CT molecular complexity index is 680. The fourth-order valence-electron chi connectivity index (χ4n) is 1.38. The Morgan fingerprint density at radius 1 is 1.30 bits per heavy atom. The first-order valence-corrected chi connectivity index (χ1v) is 6.16. The first-order valence-electron chi connectivity index (χ1n) is 5.28. The van der Waals surface area contributed by atoms with E-state index in [1.165, 1.54) is 12.1 Å². The van der Waals surface area contributed by atoms with Gasteiger partial charge >= 0.3 is 11.8 Å². The predicted molar refractivity (Wildman–Crippen MR) is 72.0 cm³/mol. The Kier molecular flexibility index (Phi) is 3.71. The van der Waals surface area contributed by atoms with Crippen molar-refractivity contribution >= 4 is 34.0 Å². The average molecular weight is 292 g/mol. The molecule has 1 aromatic heterocycles. The number of aromatic nitrogens is 1. The lowest BCUT2D eigenvalue weighted by Gasteiger charge is -1.97. The van der Waals surface area contributed by atoms with Crippen LogP contribution in [0.5, 0.6) is 0 Å². The van der Waals surface area contributed by atoms with Crippen LogP contribution in [0.15, 0.2) is 29.6 Å². The minimum Gasteiger partial charge on any atom is -0.361 e. The van der Waals surface area contributed by atoms with E-state index in [1.54, 1.807) is 17.5 Å². The van der Waals surface area contributed by atoms with Crippen LogP contribution >= 0.6 is 11.3 Å². The minimum atomic E-state index is -1.10. The van der Waals surface area contributed by atoms with E-state index >= 15 is 0 Å². The van der Waals surface area contributed by atoms with Gasteiger partial charge in [-0.25, -0.2) is 4.98 Å². The molecule has 0 radical (unpaired) electrons. The number of non-ortho nitro benzene ring substituents is 1. The second-order valence-electron chi connectivity index (χ2n) is 3.66. The molecule has 1 aromatic carbocycles. The lowest BCUT2D eigenvalue weighted by Crippen LogP contribution is -2.29. The third-order valence-corrected chi connectivity index (χ3v) is 3.08. The summed E-state index contributed by atoms with van der Waals surface area (Å²) in [5.74, 6) is -2.05. The normalized spacial score (nSPS) is 10.0. The smallest absolute Gasteiger partial charge is 0.315 e. The van der Waals surface area contributed by atoms with Crippen molar-refractivity contribution in [3.8, 4) is 11.3 Å². The van der Waals surface area contributed by atoms with Crippen LogP contribution in [-0.4, -0.2) is 21.7 Å². The molecule has 102 valence electrons. The zero-order valence-corrected chi connectivity index (χ0v) is 10.7. The van der Waals surface area contributed by atoms with Gasteiger partial charge in [0.05, 0.1) is 10.6 Å². The number of rotatable bonds is 3. The van der Waals surface area contributed by atoms with E-state index in [-0.39, 0.29) is 10.8 Å². The van der Waals surface area contributed by atoms with Gasteiger partial charge in [0, 0.05) is 23.1 Å². The number of hydrogen-bond donors (Lipinski definition) is 2. The lowest BCUT2D eigenvalue weighted by atomic mass is 10.1. The third kappa shape index (κ3) is 2.95. The van der Waals surface area contributed by atoms with Crippen LogP contribution < -0.4 is 11.1 Å². The highest BCUT2D eigenvalue weighted by molar-refractivity contribution is 7.14. The summed E-state index contributed by atoms with van der Waals surface area (Å²) >= 11 is 1.12. The summed E-state index contributed by atoms with van der Waals surface area (Å²) < 4.78 is 0. The number of benzene rings is 1. The summed E-state index contributed by atoms with van der Waals surface area (Å²) in [6, 6.07) is 5.81. The molecule has 0 saturated heterocycles. The number of primary amides is 1. The number of thiazole rings is 1. The SMILES string of the molecule is NC(=O)C(=O)Nc1nc(-c2ccc([N+](=O)[O-])cc2)cs1. The molecule has 0 aliphatic heterocycles. The maximum absolute atomic E-state index is 11.1. The first-order chi connectivity index (χ1) is 9.47. The molecule has 9 heteroatoms. The Labute approximate surface area is 116 Å². The second kappa shape index (κ2) is 5.45. The Morgan fingerprint density at radius 2 is 1.95 bits per heavy atom. The number of nitrogens with zero attached hydrogens (tertiary/aromatic N) is 2. The number of nitro groups is 1. The summed E-state index contributed by atoms with van der Waals surface area (Å²) in [5.41, 5.74) is 5.98. The number of nitro benzene ring substituents is 1. The maximum Gasteiger partial charge on any atom is 0.315 e. The highest BCUT2D eigenvalue weighted by Crippen LogP contribution is 2.26. The van der Waals surface area contributed by atoms with E-state index in [2.05, 4.69) is 10.3 Å². The lowest BCUT2D eigenvalue weighted by molar-refractivity contribution is -0.384. The van der Waals surface area contributed by atoms with Gasteiger partial charge in [0.1, 0.15) is 0 Å². The van der Waals surface area contributed by atoms with Gasteiger partial charge in [0.2, 0.25) is 0 Å². The van der Waals surface area contributed by atoms with Gasteiger partial charge in [-0.3, -0.25) is 25.0 Å². The Morgan fingerprint density at radius 3 is 2.50 bits per heavy atom. The molecule has 2 amide bonds. The number of nitrogens with two attached hydrogens (primary N) is 1. The molecule has 0 aliphatic carbocycles. The van der Waals surface area contributed by atoms with Gasteiger partial charge in [0.15, 0.2) is 5.13 Å². The number of carbonyl (C=O) groups is 2. The Balaban J connectivity index is 2.18. The van der Waals surface area contributed by atoms with Crippen LogP contribution in [0.2, 0.25) is 0 Å². The van der Waals surface area contributed by atoms with Gasteiger partial charge in [-0.2, -0.15) is 0 Å². The Hall–Kier alpha value is -2.81. The minimum absolute atomic E-state index is 0.0220. The van der Waals surface area contributed by atoms with E-state index in [1.807, 2.05) is 0 Å². The molecule has 2 rings (SSSR count). The molecule has 8 nitrogen and oxygen atoms in total. The molecule has 1 heterocycles. The van der Waals surface area contributed by atoms with Crippen molar-refractivity contribution in [3.63, 3.8) is 0 Å². The maximum atomic E-state index is 11.1. The van der Waals surface area contributed by atoms with Crippen molar-refractivity contribution < 1.29 is 14.5 Å². The van der Waals surface area contributed by atoms with Gasteiger partial charge in [0.25, 0.3) is 5.69 Å². The number of hydrogen-bond acceptors (Lipinski definition) is 6. The van der Waals surface area contributed by atoms with Crippen LogP contribution in [0.25, 0.3) is 11.3 Å². The largest absolute Gasteiger partial charge is 0.361 e.